The summed E-state index contributed by atoms with van der Waals surface area (Å²) in [5.74, 6) is 0.504. The lowest BCUT2D eigenvalue weighted by atomic mass is 10.1. The van der Waals surface area contributed by atoms with Crippen LogP contribution < -0.4 is 0 Å². The van der Waals surface area contributed by atoms with Crippen LogP contribution in [-0.2, 0) is 6.18 Å². The van der Waals surface area contributed by atoms with Gasteiger partial charge in [0.2, 0.25) is 0 Å². The SMILES string of the molecule is CC(C)c1n[nH]c(=S)n1-c1cc(C(F)(F)F)ccc1Cl. The molecule has 1 N–H and O–H groups in total. The highest BCUT2D eigenvalue weighted by Gasteiger charge is 2.31. The molecule has 0 aliphatic rings. The number of H-pyrrole nitrogens is 1. The van der Waals surface area contributed by atoms with Crippen molar-refractivity contribution < 1.29 is 13.2 Å². The molecule has 0 aliphatic carbocycles. The highest BCUT2D eigenvalue weighted by molar-refractivity contribution is 7.71. The number of alkyl halides is 3. The highest BCUT2D eigenvalue weighted by atomic mass is 35.5. The molecular formula is C12H11ClF3N3S. The Morgan fingerprint density at radius 3 is 2.55 bits per heavy atom. The molecule has 1 aromatic heterocycles. The van der Waals surface area contributed by atoms with E-state index in [0.29, 0.717) is 5.82 Å². The Morgan fingerprint density at radius 2 is 2.00 bits per heavy atom. The number of aromatic nitrogens is 3. The summed E-state index contributed by atoms with van der Waals surface area (Å²) in [4.78, 5) is 0. The monoisotopic (exact) mass is 321 g/mol. The first-order chi connectivity index (χ1) is 9.21. The molecule has 108 valence electrons. The maximum Gasteiger partial charge on any atom is 0.416 e. The summed E-state index contributed by atoms with van der Waals surface area (Å²) in [6.07, 6.45) is -4.44. The number of benzene rings is 1. The van der Waals surface area contributed by atoms with Gasteiger partial charge in [-0.2, -0.15) is 18.3 Å². The predicted molar refractivity (Wildman–Crippen MR) is 72.8 cm³/mol. The van der Waals surface area contributed by atoms with Gasteiger partial charge >= 0.3 is 6.18 Å². The third-order valence-corrected chi connectivity index (χ3v) is 3.32. The van der Waals surface area contributed by atoms with Crippen molar-refractivity contribution in [2.45, 2.75) is 25.9 Å². The van der Waals surface area contributed by atoms with Crippen LogP contribution in [0.1, 0.15) is 31.2 Å². The minimum absolute atomic E-state index is 0.0199. The third kappa shape index (κ3) is 2.73. The minimum Gasteiger partial charge on any atom is -0.270 e. The molecule has 0 aliphatic heterocycles. The molecule has 0 saturated carbocycles. The molecule has 0 spiro atoms. The molecule has 2 rings (SSSR count). The van der Waals surface area contributed by atoms with Crippen molar-refractivity contribution in [1.29, 1.82) is 0 Å². The largest absolute Gasteiger partial charge is 0.416 e. The zero-order valence-electron chi connectivity index (χ0n) is 10.6. The van der Waals surface area contributed by atoms with E-state index in [4.69, 9.17) is 23.8 Å². The van der Waals surface area contributed by atoms with Crippen molar-refractivity contribution in [2.75, 3.05) is 0 Å². The molecule has 0 amide bonds. The Morgan fingerprint density at radius 1 is 1.35 bits per heavy atom. The number of hydrogen-bond donors (Lipinski definition) is 1. The lowest BCUT2D eigenvalue weighted by Gasteiger charge is -2.13. The number of rotatable bonds is 2. The standard InChI is InChI=1S/C12H11ClF3N3S/c1-6(2)10-17-18-11(20)19(10)9-5-7(12(14,15)16)3-4-8(9)13/h3-6H,1-2H3,(H,18,20). The van der Waals surface area contributed by atoms with Crippen molar-refractivity contribution in [3.8, 4) is 5.69 Å². The lowest BCUT2D eigenvalue weighted by Crippen LogP contribution is -2.09. The zero-order chi connectivity index (χ0) is 15.1. The van der Waals surface area contributed by atoms with Gasteiger partial charge in [-0.1, -0.05) is 25.4 Å². The molecule has 3 nitrogen and oxygen atoms in total. The number of halogens is 4. The second-order valence-corrected chi connectivity index (χ2v) is 5.33. The number of nitrogens with zero attached hydrogens (tertiary/aromatic N) is 2. The molecule has 0 bridgehead atoms. The van der Waals surface area contributed by atoms with Crippen LogP contribution in [0.3, 0.4) is 0 Å². The van der Waals surface area contributed by atoms with Crippen LogP contribution >= 0.6 is 23.8 Å². The Balaban J connectivity index is 2.70. The summed E-state index contributed by atoms with van der Waals surface area (Å²) < 4.78 is 40.0. The lowest BCUT2D eigenvalue weighted by molar-refractivity contribution is -0.137. The third-order valence-electron chi connectivity index (χ3n) is 2.73. The second-order valence-electron chi connectivity index (χ2n) is 4.54. The smallest absolute Gasteiger partial charge is 0.270 e. The summed E-state index contributed by atoms with van der Waals surface area (Å²) in [6.45, 7) is 3.73. The zero-order valence-corrected chi connectivity index (χ0v) is 12.2. The van der Waals surface area contributed by atoms with E-state index in [9.17, 15) is 13.2 Å². The summed E-state index contributed by atoms with van der Waals surface area (Å²) >= 11 is 11.1. The normalized spacial score (nSPS) is 12.2. The van der Waals surface area contributed by atoms with Crippen LogP contribution in [-0.4, -0.2) is 14.8 Å². The first-order valence-corrected chi connectivity index (χ1v) is 6.55. The fourth-order valence-corrected chi connectivity index (χ4v) is 2.23. The molecule has 0 unspecified atom stereocenters. The fraction of sp³-hybridized carbons (Fsp3) is 0.333. The van der Waals surface area contributed by atoms with E-state index in [0.717, 1.165) is 12.1 Å². The molecule has 0 fully saturated rings. The van der Waals surface area contributed by atoms with Gasteiger partial charge in [0.1, 0.15) is 5.82 Å². The van der Waals surface area contributed by atoms with Gasteiger partial charge in [0.25, 0.3) is 0 Å². The number of nitrogens with one attached hydrogen (secondary N) is 1. The van der Waals surface area contributed by atoms with Crippen molar-refractivity contribution >= 4 is 23.8 Å². The Labute approximate surface area is 123 Å². The number of aromatic amines is 1. The van der Waals surface area contributed by atoms with Gasteiger partial charge in [-0.25, -0.2) is 0 Å². The first kappa shape index (κ1) is 15.1. The van der Waals surface area contributed by atoms with E-state index >= 15 is 0 Å². The van der Waals surface area contributed by atoms with Crippen LogP contribution in [0.15, 0.2) is 18.2 Å². The van der Waals surface area contributed by atoms with Gasteiger partial charge in [0.15, 0.2) is 4.77 Å². The molecule has 0 saturated heterocycles. The Kier molecular flexibility index (Phi) is 3.93. The van der Waals surface area contributed by atoms with E-state index in [1.165, 1.54) is 10.6 Å². The van der Waals surface area contributed by atoms with Gasteiger partial charge in [-0.05, 0) is 30.4 Å². The summed E-state index contributed by atoms with van der Waals surface area (Å²) in [5, 5.41) is 6.79. The Hall–Kier alpha value is -1.34. The molecule has 0 atom stereocenters. The molecule has 2 aromatic rings. The molecule has 8 heteroatoms. The van der Waals surface area contributed by atoms with Crippen LogP contribution in [0.5, 0.6) is 0 Å². The van der Waals surface area contributed by atoms with E-state index in [1.54, 1.807) is 0 Å². The van der Waals surface area contributed by atoms with Crippen molar-refractivity contribution in [3.05, 3.63) is 39.4 Å². The van der Waals surface area contributed by atoms with E-state index in [1.807, 2.05) is 13.8 Å². The summed E-state index contributed by atoms with van der Waals surface area (Å²) in [7, 11) is 0. The van der Waals surface area contributed by atoms with Crippen molar-refractivity contribution in [1.82, 2.24) is 14.8 Å². The highest BCUT2D eigenvalue weighted by Crippen LogP contribution is 2.34. The van der Waals surface area contributed by atoms with Gasteiger partial charge in [0.05, 0.1) is 16.3 Å². The first-order valence-electron chi connectivity index (χ1n) is 5.76. The molecule has 1 heterocycles. The van der Waals surface area contributed by atoms with Crippen LogP contribution in [0, 0.1) is 4.77 Å². The average molecular weight is 322 g/mol. The quantitative estimate of drug-likeness (QED) is 0.812. The average Bonchev–Trinajstić information content (AvgIpc) is 2.70. The van der Waals surface area contributed by atoms with Crippen LogP contribution in [0.2, 0.25) is 5.02 Å². The molecule has 1 aromatic carbocycles. The van der Waals surface area contributed by atoms with Gasteiger partial charge in [0, 0.05) is 5.92 Å². The van der Waals surface area contributed by atoms with E-state index < -0.39 is 11.7 Å². The van der Waals surface area contributed by atoms with Crippen LogP contribution in [0.25, 0.3) is 5.69 Å². The number of hydrogen-bond acceptors (Lipinski definition) is 2. The fourth-order valence-electron chi connectivity index (χ4n) is 1.79. The van der Waals surface area contributed by atoms with E-state index in [-0.39, 0.29) is 21.4 Å². The minimum atomic E-state index is -4.44. The maximum atomic E-state index is 12.8. The molecular weight excluding hydrogens is 311 g/mol. The van der Waals surface area contributed by atoms with Gasteiger partial charge in [-0.3, -0.25) is 9.67 Å². The summed E-state index contributed by atoms with van der Waals surface area (Å²) in [5.41, 5.74) is -0.612. The van der Waals surface area contributed by atoms with Crippen molar-refractivity contribution in [3.63, 3.8) is 0 Å². The topological polar surface area (TPSA) is 33.6 Å². The van der Waals surface area contributed by atoms with E-state index in [2.05, 4.69) is 10.2 Å². The van der Waals surface area contributed by atoms with Crippen LogP contribution in [0.4, 0.5) is 13.2 Å². The second kappa shape index (κ2) is 5.21. The van der Waals surface area contributed by atoms with Gasteiger partial charge < -0.3 is 0 Å². The Bertz CT molecular complexity index is 688. The van der Waals surface area contributed by atoms with Gasteiger partial charge in [-0.15, -0.1) is 0 Å². The predicted octanol–water partition coefficient (Wildman–Crippen LogP) is 4.73. The molecule has 0 radical (unpaired) electrons. The van der Waals surface area contributed by atoms with Crippen molar-refractivity contribution in [2.24, 2.45) is 0 Å². The molecule has 20 heavy (non-hydrogen) atoms. The maximum absolute atomic E-state index is 12.8. The summed E-state index contributed by atoms with van der Waals surface area (Å²) in [6, 6.07) is 3.11.